The van der Waals surface area contributed by atoms with Crippen LogP contribution in [-0.2, 0) is 0 Å². The average Bonchev–Trinajstić information content (AvgIpc) is 3.22. The normalized spacial score (nSPS) is 26.3. The van der Waals surface area contributed by atoms with Gasteiger partial charge in [-0.05, 0) is 57.9 Å². The molecular weight excluding hydrogens is 406 g/mol. The molecule has 7 heteroatoms. The average molecular weight is 436 g/mol. The number of carbonyl (C=O) groups is 1. The summed E-state index contributed by atoms with van der Waals surface area (Å²) in [5.41, 5.74) is 1.97. The van der Waals surface area contributed by atoms with Crippen molar-refractivity contribution < 1.29 is 4.79 Å². The Balaban J connectivity index is 1.39. The van der Waals surface area contributed by atoms with Crippen LogP contribution in [0, 0.1) is 0 Å². The molecule has 0 saturated carbocycles. The lowest BCUT2D eigenvalue weighted by Gasteiger charge is -2.43. The summed E-state index contributed by atoms with van der Waals surface area (Å²) >= 11 is 1.56. The summed E-state index contributed by atoms with van der Waals surface area (Å²) in [5, 5.41) is 8.84. The van der Waals surface area contributed by atoms with E-state index in [1.807, 2.05) is 6.92 Å². The van der Waals surface area contributed by atoms with Gasteiger partial charge in [-0.2, -0.15) is 0 Å². The summed E-state index contributed by atoms with van der Waals surface area (Å²) < 4.78 is 1.13. The van der Waals surface area contributed by atoms with E-state index in [-0.39, 0.29) is 11.9 Å². The number of piperazine rings is 1. The van der Waals surface area contributed by atoms with E-state index in [0.29, 0.717) is 18.1 Å². The molecule has 1 aromatic carbocycles. The number of pyridine rings is 1. The number of hydrogen-bond acceptors (Lipinski definition) is 6. The van der Waals surface area contributed by atoms with Gasteiger partial charge in [-0.3, -0.25) is 9.69 Å². The Labute approximate surface area is 186 Å². The second kappa shape index (κ2) is 7.07. The van der Waals surface area contributed by atoms with E-state index < -0.39 is 0 Å². The van der Waals surface area contributed by atoms with E-state index in [1.54, 1.807) is 11.3 Å². The second-order valence-electron chi connectivity index (χ2n) is 9.57. The fraction of sp³-hybridized carbons (Fsp3) is 0.500. The second-order valence-corrected chi connectivity index (χ2v) is 10.6. The van der Waals surface area contributed by atoms with Crippen LogP contribution in [0.4, 0.5) is 11.5 Å². The van der Waals surface area contributed by atoms with E-state index in [1.165, 1.54) is 12.8 Å². The zero-order chi connectivity index (χ0) is 21.3. The predicted octanol–water partition coefficient (Wildman–Crippen LogP) is 4.05. The highest BCUT2D eigenvalue weighted by atomic mass is 32.1. The molecule has 3 aliphatic heterocycles. The SMILES string of the molecule is CC(C)N1C2CCC1CN(c1ccc3c(ccc4sc5c(c43)NC[C@@H](C)NC5=O)n1)C2. The van der Waals surface area contributed by atoms with Gasteiger partial charge in [0.1, 0.15) is 10.7 Å². The van der Waals surface area contributed by atoms with Gasteiger partial charge < -0.3 is 15.5 Å². The van der Waals surface area contributed by atoms with Crippen LogP contribution in [0.25, 0.3) is 21.0 Å². The monoisotopic (exact) mass is 435 g/mol. The third-order valence-electron chi connectivity index (χ3n) is 7.14. The van der Waals surface area contributed by atoms with E-state index in [2.05, 4.69) is 58.5 Å². The molecule has 5 heterocycles. The van der Waals surface area contributed by atoms with Gasteiger partial charge in [-0.15, -0.1) is 11.3 Å². The Kier molecular flexibility index (Phi) is 4.40. The van der Waals surface area contributed by atoms with Gasteiger partial charge in [-0.1, -0.05) is 0 Å². The first kappa shape index (κ1) is 19.3. The minimum atomic E-state index is 0.0185. The quantitative estimate of drug-likeness (QED) is 0.636. The topological polar surface area (TPSA) is 60.5 Å². The van der Waals surface area contributed by atoms with Gasteiger partial charge in [-0.25, -0.2) is 4.98 Å². The lowest BCUT2D eigenvalue weighted by Crippen LogP contribution is -2.56. The maximum atomic E-state index is 12.7. The number of fused-ring (bicyclic) bond motifs is 7. The Morgan fingerprint density at radius 2 is 1.90 bits per heavy atom. The largest absolute Gasteiger partial charge is 0.381 e. The summed E-state index contributed by atoms with van der Waals surface area (Å²) in [6.07, 6.45) is 2.58. The van der Waals surface area contributed by atoms with Gasteiger partial charge in [0.25, 0.3) is 5.91 Å². The van der Waals surface area contributed by atoms with E-state index in [4.69, 9.17) is 4.98 Å². The molecule has 3 atom stereocenters. The summed E-state index contributed by atoms with van der Waals surface area (Å²) in [5.74, 6) is 1.10. The van der Waals surface area contributed by atoms with Crippen molar-refractivity contribution in [2.75, 3.05) is 29.9 Å². The molecule has 3 aliphatic rings. The molecule has 6 rings (SSSR count). The fourth-order valence-electron chi connectivity index (χ4n) is 5.86. The standard InChI is InChI=1S/C24H29N5OS/c1-13(2)29-15-4-5-16(29)12-28(11-15)20-9-6-17-18(27-20)7-8-19-21(17)22-23(31-19)24(30)26-14(3)10-25-22/h6-9,13-16,25H,4-5,10-12H2,1-3H3,(H,26,30)/t14-,15?,16?/m1/s1. The maximum Gasteiger partial charge on any atom is 0.263 e. The van der Waals surface area contributed by atoms with Crippen molar-refractivity contribution >= 4 is 49.7 Å². The molecule has 31 heavy (non-hydrogen) atoms. The van der Waals surface area contributed by atoms with Crippen LogP contribution >= 0.6 is 11.3 Å². The fourth-order valence-corrected chi connectivity index (χ4v) is 6.95. The van der Waals surface area contributed by atoms with Crippen molar-refractivity contribution in [1.29, 1.82) is 0 Å². The van der Waals surface area contributed by atoms with Gasteiger partial charge in [0.05, 0.1) is 11.2 Å². The van der Waals surface area contributed by atoms with Crippen LogP contribution in [0.15, 0.2) is 24.3 Å². The molecule has 2 N–H and O–H groups in total. The van der Waals surface area contributed by atoms with Crippen LogP contribution in [0.1, 0.15) is 43.3 Å². The van der Waals surface area contributed by atoms with Crippen LogP contribution in [0.2, 0.25) is 0 Å². The molecule has 2 bridgehead atoms. The summed E-state index contributed by atoms with van der Waals surface area (Å²) in [6, 6.07) is 10.6. The smallest absolute Gasteiger partial charge is 0.263 e. The number of amides is 1. The highest BCUT2D eigenvalue weighted by Gasteiger charge is 2.41. The number of aromatic nitrogens is 1. The molecule has 3 aromatic rings. The molecule has 1 amide bonds. The molecule has 0 spiro atoms. The summed E-state index contributed by atoms with van der Waals surface area (Å²) in [6.45, 7) is 9.52. The molecule has 2 aromatic heterocycles. The molecule has 162 valence electrons. The van der Waals surface area contributed by atoms with Crippen molar-refractivity contribution in [2.24, 2.45) is 0 Å². The van der Waals surface area contributed by atoms with E-state index in [0.717, 1.165) is 57.0 Å². The number of nitrogens with zero attached hydrogens (tertiary/aromatic N) is 3. The zero-order valence-corrected chi connectivity index (χ0v) is 19.1. The van der Waals surface area contributed by atoms with Crippen molar-refractivity contribution in [3.05, 3.63) is 29.1 Å². The van der Waals surface area contributed by atoms with Crippen molar-refractivity contribution in [3.63, 3.8) is 0 Å². The first-order valence-electron chi connectivity index (χ1n) is 11.4. The Hall–Kier alpha value is -2.38. The van der Waals surface area contributed by atoms with E-state index >= 15 is 0 Å². The summed E-state index contributed by atoms with van der Waals surface area (Å²) in [7, 11) is 0. The van der Waals surface area contributed by atoms with Gasteiger partial charge in [0, 0.05) is 59.3 Å². The number of anilines is 2. The minimum absolute atomic E-state index is 0.0185. The van der Waals surface area contributed by atoms with Crippen molar-refractivity contribution in [1.82, 2.24) is 15.2 Å². The van der Waals surface area contributed by atoms with Crippen LogP contribution in [-0.4, -0.2) is 59.6 Å². The van der Waals surface area contributed by atoms with Gasteiger partial charge in [0.2, 0.25) is 0 Å². The Morgan fingerprint density at radius 1 is 1.13 bits per heavy atom. The molecule has 0 aliphatic carbocycles. The highest BCUT2D eigenvalue weighted by Crippen LogP contribution is 2.41. The van der Waals surface area contributed by atoms with Crippen LogP contribution in [0.3, 0.4) is 0 Å². The molecule has 2 saturated heterocycles. The first-order chi connectivity index (χ1) is 15.0. The molecule has 2 fully saturated rings. The molecule has 6 nitrogen and oxygen atoms in total. The number of hydrogen-bond donors (Lipinski definition) is 2. The Morgan fingerprint density at radius 3 is 2.65 bits per heavy atom. The molecule has 0 radical (unpaired) electrons. The number of benzene rings is 1. The number of carbonyl (C=O) groups excluding carboxylic acids is 1. The summed E-state index contributed by atoms with van der Waals surface area (Å²) in [4.78, 5) is 23.7. The number of nitrogens with one attached hydrogen (secondary N) is 2. The number of thiophene rings is 1. The predicted molar refractivity (Wildman–Crippen MR) is 129 cm³/mol. The number of rotatable bonds is 2. The van der Waals surface area contributed by atoms with E-state index in [9.17, 15) is 4.79 Å². The van der Waals surface area contributed by atoms with Gasteiger partial charge >= 0.3 is 0 Å². The van der Waals surface area contributed by atoms with Crippen molar-refractivity contribution in [2.45, 2.75) is 57.8 Å². The van der Waals surface area contributed by atoms with Gasteiger partial charge in [0.15, 0.2) is 0 Å². The first-order valence-corrected chi connectivity index (χ1v) is 12.2. The molecule has 2 unspecified atom stereocenters. The Bertz CT molecular complexity index is 1170. The van der Waals surface area contributed by atoms with Crippen molar-refractivity contribution in [3.8, 4) is 0 Å². The lowest BCUT2D eigenvalue weighted by atomic mass is 10.1. The highest BCUT2D eigenvalue weighted by molar-refractivity contribution is 7.21. The van der Waals surface area contributed by atoms with Crippen LogP contribution < -0.4 is 15.5 Å². The van der Waals surface area contributed by atoms with Crippen LogP contribution in [0.5, 0.6) is 0 Å². The minimum Gasteiger partial charge on any atom is -0.381 e. The molecular formula is C24H29N5OS. The third-order valence-corrected chi connectivity index (χ3v) is 8.29. The maximum absolute atomic E-state index is 12.7. The lowest BCUT2D eigenvalue weighted by molar-refractivity contribution is 0.0949. The zero-order valence-electron chi connectivity index (χ0n) is 18.3. The third kappa shape index (κ3) is 3.01.